The highest BCUT2D eigenvalue weighted by Gasteiger charge is 2.38. The van der Waals surface area contributed by atoms with E-state index < -0.39 is 0 Å². The lowest BCUT2D eigenvalue weighted by Crippen LogP contribution is -2.14. The summed E-state index contributed by atoms with van der Waals surface area (Å²) in [5.74, 6) is 2.00. The number of benzene rings is 5. The predicted molar refractivity (Wildman–Crippen MR) is 161 cm³/mol. The first kappa shape index (κ1) is 22.9. The van der Waals surface area contributed by atoms with Crippen molar-refractivity contribution in [3.63, 3.8) is 0 Å². The highest BCUT2D eigenvalue weighted by atomic mass is 16.3. The lowest BCUT2D eigenvalue weighted by molar-refractivity contribution is 0.647. The fourth-order valence-electron chi connectivity index (χ4n) is 6.12. The van der Waals surface area contributed by atoms with Crippen LogP contribution in [0.25, 0.3) is 67.2 Å². The van der Waals surface area contributed by atoms with Crippen LogP contribution in [-0.4, -0.2) is 15.0 Å². The van der Waals surface area contributed by atoms with Crippen LogP contribution in [0.1, 0.15) is 25.0 Å². The Balaban J connectivity index is 1.41. The first-order valence-electron chi connectivity index (χ1n) is 13.5. The minimum atomic E-state index is -0.203. The van der Waals surface area contributed by atoms with Gasteiger partial charge in [0.25, 0.3) is 0 Å². The smallest absolute Gasteiger partial charge is 0.164 e. The number of para-hydroxylation sites is 1. The van der Waals surface area contributed by atoms with Crippen LogP contribution < -0.4 is 0 Å². The molecule has 2 aromatic heterocycles. The third-order valence-electron chi connectivity index (χ3n) is 8.14. The molecule has 4 nitrogen and oxygen atoms in total. The van der Waals surface area contributed by atoms with E-state index in [9.17, 15) is 0 Å². The first-order chi connectivity index (χ1) is 19.6. The Labute approximate surface area is 232 Å². The van der Waals surface area contributed by atoms with Crippen molar-refractivity contribution < 1.29 is 4.42 Å². The molecule has 0 saturated heterocycles. The Bertz CT molecular complexity index is 2020. The maximum atomic E-state index is 6.28. The molecule has 0 saturated carbocycles. The van der Waals surface area contributed by atoms with Crippen LogP contribution in [0.15, 0.2) is 120 Å². The van der Waals surface area contributed by atoms with E-state index in [0.29, 0.717) is 17.5 Å². The van der Waals surface area contributed by atoms with Crippen molar-refractivity contribution in [2.45, 2.75) is 19.3 Å². The number of rotatable bonds is 3. The van der Waals surface area contributed by atoms with Crippen LogP contribution in [0.4, 0.5) is 0 Å². The van der Waals surface area contributed by atoms with Crippen molar-refractivity contribution in [2.24, 2.45) is 0 Å². The van der Waals surface area contributed by atoms with Crippen LogP contribution in [0.2, 0.25) is 0 Å². The van der Waals surface area contributed by atoms with Gasteiger partial charge in [0.2, 0.25) is 0 Å². The van der Waals surface area contributed by atoms with E-state index in [-0.39, 0.29) is 5.41 Å². The minimum Gasteiger partial charge on any atom is -0.456 e. The molecule has 0 bridgehead atoms. The van der Waals surface area contributed by atoms with Crippen molar-refractivity contribution >= 4 is 21.9 Å². The van der Waals surface area contributed by atoms with Crippen LogP contribution in [0.5, 0.6) is 0 Å². The number of hydrogen-bond donors (Lipinski definition) is 0. The summed E-state index contributed by atoms with van der Waals surface area (Å²) >= 11 is 0. The van der Waals surface area contributed by atoms with Gasteiger partial charge in [0.1, 0.15) is 11.2 Å². The average Bonchev–Trinajstić information content (AvgIpc) is 3.48. The van der Waals surface area contributed by atoms with Crippen LogP contribution in [0, 0.1) is 0 Å². The van der Waals surface area contributed by atoms with Gasteiger partial charge >= 0.3 is 0 Å². The number of fused-ring (bicyclic) bond motifs is 6. The summed E-state index contributed by atoms with van der Waals surface area (Å²) in [5.41, 5.74) is 9.45. The molecule has 5 aromatic carbocycles. The molecule has 0 atom stereocenters. The fourth-order valence-corrected chi connectivity index (χ4v) is 6.12. The Morgan fingerprint density at radius 1 is 0.500 bits per heavy atom. The highest BCUT2D eigenvalue weighted by Crippen LogP contribution is 2.53. The molecule has 0 amide bonds. The normalized spacial score (nSPS) is 13.4. The lowest BCUT2D eigenvalue weighted by Gasteiger charge is -2.21. The van der Waals surface area contributed by atoms with E-state index in [1.165, 1.54) is 22.3 Å². The van der Waals surface area contributed by atoms with Gasteiger partial charge in [0.05, 0.1) is 0 Å². The summed E-state index contributed by atoms with van der Waals surface area (Å²) in [5, 5.41) is 2.25. The zero-order chi connectivity index (χ0) is 26.8. The van der Waals surface area contributed by atoms with Gasteiger partial charge in [-0.3, -0.25) is 0 Å². The van der Waals surface area contributed by atoms with Gasteiger partial charge in [-0.25, -0.2) is 15.0 Å². The first-order valence-corrected chi connectivity index (χ1v) is 13.5. The second-order valence-electron chi connectivity index (χ2n) is 10.9. The summed E-state index contributed by atoms with van der Waals surface area (Å²) in [7, 11) is 0. The summed E-state index contributed by atoms with van der Waals surface area (Å²) < 4.78 is 6.28. The Morgan fingerprint density at radius 3 is 1.82 bits per heavy atom. The lowest BCUT2D eigenvalue weighted by atomic mass is 9.82. The van der Waals surface area contributed by atoms with Gasteiger partial charge in [-0.15, -0.1) is 0 Å². The largest absolute Gasteiger partial charge is 0.456 e. The van der Waals surface area contributed by atoms with Crippen LogP contribution in [-0.2, 0) is 5.41 Å². The van der Waals surface area contributed by atoms with Crippen molar-refractivity contribution in [1.29, 1.82) is 0 Å². The second kappa shape index (κ2) is 8.45. The van der Waals surface area contributed by atoms with E-state index >= 15 is 0 Å². The third kappa shape index (κ3) is 3.36. The number of furan rings is 1. The molecule has 2 heterocycles. The number of aromatic nitrogens is 3. The minimum absolute atomic E-state index is 0.203. The van der Waals surface area contributed by atoms with Crippen molar-refractivity contribution in [3.05, 3.63) is 126 Å². The Kier molecular flexibility index (Phi) is 4.83. The molecule has 40 heavy (non-hydrogen) atoms. The van der Waals surface area contributed by atoms with E-state index in [1.54, 1.807) is 0 Å². The van der Waals surface area contributed by atoms with Crippen molar-refractivity contribution in [2.75, 3.05) is 0 Å². The quantitative estimate of drug-likeness (QED) is 0.235. The van der Waals surface area contributed by atoms with E-state index in [1.807, 2.05) is 72.8 Å². The van der Waals surface area contributed by atoms with E-state index in [0.717, 1.165) is 38.6 Å². The predicted octanol–water partition coefficient (Wildman–Crippen LogP) is 9.08. The molecule has 1 aliphatic rings. The molecule has 1 aliphatic carbocycles. The zero-order valence-electron chi connectivity index (χ0n) is 22.2. The van der Waals surface area contributed by atoms with Gasteiger partial charge in [-0.2, -0.15) is 0 Å². The molecule has 0 N–H and O–H groups in total. The SMILES string of the molecule is CC1(C)c2cc3oc4ccccc4c3cc2-c2c(-c3nc(-c4ccccc4)nc(-c4ccccc4)n3)cccc21. The number of hydrogen-bond acceptors (Lipinski definition) is 4. The molecular weight excluding hydrogens is 490 g/mol. The average molecular weight is 516 g/mol. The second-order valence-corrected chi connectivity index (χ2v) is 10.9. The summed E-state index contributed by atoms with van der Waals surface area (Å²) in [4.78, 5) is 15.0. The molecule has 4 heteroatoms. The molecule has 0 spiro atoms. The van der Waals surface area contributed by atoms with Gasteiger partial charge in [0.15, 0.2) is 17.5 Å². The maximum absolute atomic E-state index is 6.28. The topological polar surface area (TPSA) is 51.8 Å². The van der Waals surface area contributed by atoms with Crippen molar-refractivity contribution in [3.8, 4) is 45.3 Å². The van der Waals surface area contributed by atoms with Gasteiger partial charge < -0.3 is 4.42 Å². The van der Waals surface area contributed by atoms with Gasteiger partial charge in [-0.1, -0.05) is 111 Å². The van der Waals surface area contributed by atoms with Gasteiger partial charge in [0, 0.05) is 32.9 Å². The van der Waals surface area contributed by atoms with E-state index in [2.05, 4.69) is 56.3 Å². The summed E-state index contributed by atoms with van der Waals surface area (Å²) in [6.07, 6.45) is 0. The molecule has 0 unspecified atom stereocenters. The summed E-state index contributed by atoms with van der Waals surface area (Å²) in [6, 6.07) is 39.5. The molecule has 8 rings (SSSR count). The van der Waals surface area contributed by atoms with Gasteiger partial charge in [-0.05, 0) is 40.5 Å². The monoisotopic (exact) mass is 515 g/mol. The molecule has 0 radical (unpaired) electrons. The zero-order valence-corrected chi connectivity index (χ0v) is 22.2. The van der Waals surface area contributed by atoms with Crippen molar-refractivity contribution in [1.82, 2.24) is 15.0 Å². The fraction of sp³-hybridized carbons (Fsp3) is 0.0833. The van der Waals surface area contributed by atoms with E-state index in [4.69, 9.17) is 19.4 Å². The molecular formula is C36H25N3O. The highest BCUT2D eigenvalue weighted by molar-refractivity contribution is 6.08. The molecule has 0 aliphatic heterocycles. The Morgan fingerprint density at radius 2 is 1.12 bits per heavy atom. The third-order valence-corrected chi connectivity index (χ3v) is 8.14. The standard InChI is InChI=1S/C36H25N3O/c1-36(2)28-18-11-17-25(32(28)27-20-26-24-16-9-10-19-30(24)40-31(26)21-29(27)36)35-38-33(22-12-5-3-6-13-22)37-34(39-35)23-14-7-4-8-15-23/h3-21H,1-2H3. The van der Waals surface area contributed by atoms with Crippen LogP contribution >= 0.6 is 0 Å². The molecule has 7 aromatic rings. The Hall–Kier alpha value is -5.09. The van der Waals surface area contributed by atoms with Crippen LogP contribution in [0.3, 0.4) is 0 Å². The molecule has 190 valence electrons. The maximum Gasteiger partial charge on any atom is 0.164 e. The summed E-state index contributed by atoms with van der Waals surface area (Å²) in [6.45, 7) is 4.57. The number of nitrogens with zero attached hydrogens (tertiary/aromatic N) is 3. The molecule has 0 fully saturated rings.